The van der Waals surface area contributed by atoms with Gasteiger partial charge >= 0.3 is 0 Å². The van der Waals surface area contributed by atoms with E-state index in [0.717, 1.165) is 47.9 Å². The van der Waals surface area contributed by atoms with Crippen LogP contribution in [0.15, 0.2) is 53.5 Å². The smallest absolute Gasteiger partial charge is 0.221 e. The molecule has 2 N–H and O–H groups in total. The van der Waals surface area contributed by atoms with Gasteiger partial charge in [-0.1, -0.05) is 18.2 Å². The molecule has 1 aliphatic rings. The largest absolute Gasteiger partial charge is 0.489 e. The summed E-state index contributed by atoms with van der Waals surface area (Å²) in [6.45, 7) is 3.83. The lowest BCUT2D eigenvalue weighted by molar-refractivity contribution is -0.114. The van der Waals surface area contributed by atoms with Crippen LogP contribution in [-0.4, -0.2) is 24.8 Å². The van der Waals surface area contributed by atoms with E-state index in [4.69, 9.17) is 4.74 Å². The number of nitrogens with one attached hydrogen (secondary N) is 2. The molecule has 2 aromatic rings. The van der Waals surface area contributed by atoms with Crippen LogP contribution >= 0.6 is 0 Å². The molecule has 1 amide bonds. The van der Waals surface area contributed by atoms with Gasteiger partial charge in [0.15, 0.2) is 0 Å². The van der Waals surface area contributed by atoms with Crippen LogP contribution < -0.4 is 15.4 Å². The van der Waals surface area contributed by atoms with Crippen molar-refractivity contribution in [1.29, 1.82) is 0 Å². The van der Waals surface area contributed by atoms with Gasteiger partial charge in [-0.05, 0) is 42.3 Å². The number of carbonyl (C=O) groups excluding carboxylic acids is 1. The highest BCUT2D eigenvalue weighted by Gasteiger charge is 2.07. The molecule has 24 heavy (non-hydrogen) atoms. The molecule has 0 fully saturated rings. The van der Waals surface area contributed by atoms with Crippen molar-refractivity contribution in [2.75, 3.05) is 18.4 Å². The third-order valence-corrected chi connectivity index (χ3v) is 3.68. The second-order valence-electron chi connectivity index (χ2n) is 5.71. The van der Waals surface area contributed by atoms with Crippen LogP contribution in [0.1, 0.15) is 24.5 Å². The standard InChI is InChI=1S/C19H21N3O2/c1-14(23)22-17-6-8-18(9-7-17)24-13-15-4-2-5-16(12-15)19-20-10-3-11-21-19/h2,4-9,12H,3,10-11,13H2,1H3,(H,20,21)(H,22,23). The molecule has 0 atom stereocenters. The molecule has 0 aliphatic carbocycles. The second kappa shape index (κ2) is 7.64. The number of aliphatic imine (C=N–C) groups is 1. The van der Waals surface area contributed by atoms with Crippen molar-refractivity contribution in [3.8, 4) is 5.75 Å². The first-order valence-corrected chi connectivity index (χ1v) is 8.09. The van der Waals surface area contributed by atoms with E-state index in [1.54, 1.807) is 0 Å². The Hall–Kier alpha value is -2.82. The fraction of sp³-hybridized carbons (Fsp3) is 0.263. The molecule has 1 heterocycles. The maximum Gasteiger partial charge on any atom is 0.221 e. The Labute approximate surface area is 141 Å². The van der Waals surface area contributed by atoms with Gasteiger partial charge in [0.25, 0.3) is 0 Å². The molecule has 5 heteroatoms. The predicted molar refractivity (Wildman–Crippen MR) is 95.5 cm³/mol. The summed E-state index contributed by atoms with van der Waals surface area (Å²) in [6, 6.07) is 15.6. The van der Waals surface area contributed by atoms with Gasteiger partial charge in [0.1, 0.15) is 18.2 Å². The fourth-order valence-electron chi connectivity index (χ4n) is 2.54. The first-order chi connectivity index (χ1) is 11.7. The van der Waals surface area contributed by atoms with Crippen molar-refractivity contribution in [3.63, 3.8) is 0 Å². The number of nitrogens with zero attached hydrogens (tertiary/aromatic N) is 1. The lowest BCUT2D eigenvalue weighted by Gasteiger charge is -2.15. The Morgan fingerprint density at radius 2 is 2.08 bits per heavy atom. The van der Waals surface area contributed by atoms with E-state index in [1.807, 2.05) is 36.4 Å². The first kappa shape index (κ1) is 16.1. The SMILES string of the molecule is CC(=O)Nc1ccc(OCc2cccc(C3=NCCCN3)c2)cc1. The van der Waals surface area contributed by atoms with E-state index < -0.39 is 0 Å². The van der Waals surface area contributed by atoms with E-state index in [1.165, 1.54) is 6.92 Å². The average molecular weight is 323 g/mol. The maximum atomic E-state index is 11.0. The van der Waals surface area contributed by atoms with E-state index in [9.17, 15) is 4.79 Å². The van der Waals surface area contributed by atoms with Gasteiger partial charge in [-0.2, -0.15) is 0 Å². The predicted octanol–water partition coefficient (Wildman–Crippen LogP) is 2.96. The molecule has 5 nitrogen and oxygen atoms in total. The maximum absolute atomic E-state index is 11.0. The Morgan fingerprint density at radius 3 is 2.79 bits per heavy atom. The lowest BCUT2D eigenvalue weighted by atomic mass is 10.1. The van der Waals surface area contributed by atoms with Crippen molar-refractivity contribution in [3.05, 3.63) is 59.7 Å². The summed E-state index contributed by atoms with van der Waals surface area (Å²) in [4.78, 5) is 15.5. The number of hydrogen-bond donors (Lipinski definition) is 2. The van der Waals surface area contributed by atoms with E-state index >= 15 is 0 Å². The highest BCUT2D eigenvalue weighted by atomic mass is 16.5. The van der Waals surface area contributed by atoms with Gasteiger partial charge in [-0.25, -0.2) is 0 Å². The minimum atomic E-state index is -0.0836. The quantitative estimate of drug-likeness (QED) is 0.889. The summed E-state index contributed by atoms with van der Waals surface area (Å²) >= 11 is 0. The van der Waals surface area contributed by atoms with Gasteiger partial charge in [0.2, 0.25) is 5.91 Å². The molecule has 0 spiro atoms. The van der Waals surface area contributed by atoms with Gasteiger partial charge < -0.3 is 15.4 Å². The number of hydrogen-bond acceptors (Lipinski definition) is 4. The van der Waals surface area contributed by atoms with Crippen molar-refractivity contribution in [2.45, 2.75) is 20.0 Å². The molecular weight excluding hydrogens is 302 g/mol. The summed E-state index contributed by atoms with van der Waals surface area (Å²) in [5, 5.41) is 6.07. The summed E-state index contributed by atoms with van der Waals surface area (Å²) in [5.74, 6) is 1.64. The normalized spacial score (nSPS) is 13.6. The molecule has 1 aliphatic heterocycles. The number of benzene rings is 2. The van der Waals surface area contributed by atoms with Crippen LogP contribution in [0.2, 0.25) is 0 Å². The Kier molecular flexibility index (Phi) is 5.11. The Bertz CT molecular complexity index is 739. The summed E-state index contributed by atoms with van der Waals surface area (Å²) in [7, 11) is 0. The Morgan fingerprint density at radius 1 is 1.25 bits per heavy atom. The van der Waals surface area contributed by atoms with Crippen LogP contribution in [0.25, 0.3) is 0 Å². The van der Waals surface area contributed by atoms with E-state index in [0.29, 0.717) is 6.61 Å². The zero-order valence-electron chi connectivity index (χ0n) is 13.7. The van der Waals surface area contributed by atoms with Gasteiger partial charge in [-0.3, -0.25) is 9.79 Å². The second-order valence-corrected chi connectivity index (χ2v) is 5.71. The van der Waals surface area contributed by atoms with Crippen LogP contribution in [0.4, 0.5) is 5.69 Å². The third-order valence-electron chi connectivity index (χ3n) is 3.68. The number of carbonyl (C=O) groups is 1. The molecule has 2 aromatic carbocycles. The number of ether oxygens (including phenoxy) is 1. The van der Waals surface area contributed by atoms with Crippen LogP contribution in [0, 0.1) is 0 Å². The van der Waals surface area contributed by atoms with Crippen LogP contribution in [0.3, 0.4) is 0 Å². The van der Waals surface area contributed by atoms with Gasteiger partial charge in [0.05, 0.1) is 0 Å². The molecule has 3 rings (SSSR count). The highest BCUT2D eigenvalue weighted by molar-refractivity contribution is 5.99. The molecule has 0 saturated heterocycles. The fourth-order valence-corrected chi connectivity index (χ4v) is 2.54. The molecular formula is C19H21N3O2. The lowest BCUT2D eigenvalue weighted by Crippen LogP contribution is -2.30. The molecule has 0 radical (unpaired) electrons. The third kappa shape index (κ3) is 4.35. The van der Waals surface area contributed by atoms with Crippen LogP contribution in [0.5, 0.6) is 5.75 Å². The molecule has 0 aromatic heterocycles. The zero-order valence-corrected chi connectivity index (χ0v) is 13.7. The number of anilines is 1. The van der Waals surface area contributed by atoms with Crippen molar-refractivity contribution in [1.82, 2.24) is 5.32 Å². The number of rotatable bonds is 5. The molecule has 0 unspecified atom stereocenters. The first-order valence-electron chi connectivity index (χ1n) is 8.09. The van der Waals surface area contributed by atoms with E-state index in [-0.39, 0.29) is 5.91 Å². The summed E-state index contributed by atoms with van der Waals surface area (Å²) in [6.07, 6.45) is 1.08. The highest BCUT2D eigenvalue weighted by Crippen LogP contribution is 2.17. The minimum Gasteiger partial charge on any atom is -0.489 e. The van der Waals surface area contributed by atoms with Crippen molar-refractivity contribution >= 4 is 17.4 Å². The summed E-state index contributed by atoms with van der Waals surface area (Å²) < 4.78 is 5.82. The monoisotopic (exact) mass is 323 g/mol. The number of amidine groups is 1. The minimum absolute atomic E-state index is 0.0836. The Balaban J connectivity index is 1.62. The van der Waals surface area contributed by atoms with Gasteiger partial charge in [0, 0.05) is 31.3 Å². The van der Waals surface area contributed by atoms with Crippen molar-refractivity contribution in [2.24, 2.45) is 4.99 Å². The zero-order chi connectivity index (χ0) is 16.8. The topological polar surface area (TPSA) is 62.7 Å². The average Bonchev–Trinajstić information content (AvgIpc) is 2.62. The van der Waals surface area contributed by atoms with E-state index in [2.05, 4.69) is 27.8 Å². The van der Waals surface area contributed by atoms with Crippen LogP contribution in [-0.2, 0) is 11.4 Å². The van der Waals surface area contributed by atoms with Gasteiger partial charge in [-0.15, -0.1) is 0 Å². The molecule has 0 saturated carbocycles. The summed E-state index contributed by atoms with van der Waals surface area (Å²) in [5.41, 5.74) is 2.95. The molecule has 0 bridgehead atoms. The number of amides is 1. The van der Waals surface area contributed by atoms with Crippen molar-refractivity contribution < 1.29 is 9.53 Å². The molecule has 124 valence electrons.